The molecule has 1 aliphatic heterocycles. The maximum atomic E-state index is 5.57. The van der Waals surface area contributed by atoms with E-state index in [1.807, 2.05) is 6.07 Å². The largest absolute Gasteiger partial charge is 0.464 e. The zero-order valence-electron chi connectivity index (χ0n) is 6.60. The highest BCUT2D eigenvalue weighted by Gasteiger charge is 2.22. The Labute approximate surface area is 70.2 Å². The molecule has 66 valence electrons. The Morgan fingerprint density at radius 1 is 1.33 bits per heavy atom. The second kappa shape index (κ2) is 3.26. The molecule has 1 fully saturated rings. The summed E-state index contributed by atoms with van der Waals surface area (Å²) in [6.45, 7) is 1.04. The summed E-state index contributed by atoms with van der Waals surface area (Å²) in [7, 11) is 0. The molecule has 2 heterocycles. The summed E-state index contributed by atoms with van der Waals surface area (Å²) in [5.74, 6) is 0.696. The predicted molar refractivity (Wildman–Crippen MR) is 41.3 cm³/mol. The number of ether oxygens (including phenoxy) is 2. The number of furan rings is 1. The molecule has 1 saturated heterocycles. The van der Waals surface area contributed by atoms with Crippen LogP contribution in [0.25, 0.3) is 0 Å². The predicted octanol–water partition coefficient (Wildman–Crippen LogP) is 0.652. The maximum Gasteiger partial charge on any atom is 0.217 e. The Hall–Kier alpha value is -0.840. The van der Waals surface area contributed by atoms with E-state index in [4.69, 9.17) is 19.6 Å². The Balaban J connectivity index is 1.99. The van der Waals surface area contributed by atoms with E-state index in [1.54, 1.807) is 12.3 Å². The zero-order valence-corrected chi connectivity index (χ0v) is 6.60. The van der Waals surface area contributed by atoms with Crippen molar-refractivity contribution in [3.8, 4) is 0 Å². The van der Waals surface area contributed by atoms with E-state index in [1.165, 1.54) is 0 Å². The third kappa shape index (κ3) is 1.50. The summed E-state index contributed by atoms with van der Waals surface area (Å²) >= 11 is 0. The van der Waals surface area contributed by atoms with E-state index >= 15 is 0 Å². The molecule has 1 aliphatic rings. The second-order valence-electron chi connectivity index (χ2n) is 2.77. The SMILES string of the molecule is NC1COC(c2ccco2)OC1. The van der Waals surface area contributed by atoms with Crippen molar-refractivity contribution in [2.45, 2.75) is 12.3 Å². The molecule has 0 aliphatic carbocycles. The first kappa shape index (κ1) is 7.79. The lowest BCUT2D eigenvalue weighted by Crippen LogP contribution is -2.37. The van der Waals surface area contributed by atoms with Gasteiger partial charge in [0.25, 0.3) is 0 Å². The lowest BCUT2D eigenvalue weighted by Gasteiger charge is -2.25. The van der Waals surface area contributed by atoms with Gasteiger partial charge in [0, 0.05) is 0 Å². The molecule has 0 atom stereocenters. The Morgan fingerprint density at radius 2 is 2.08 bits per heavy atom. The first-order valence-corrected chi connectivity index (χ1v) is 3.88. The van der Waals surface area contributed by atoms with Gasteiger partial charge in [-0.25, -0.2) is 0 Å². The van der Waals surface area contributed by atoms with Crippen LogP contribution in [-0.2, 0) is 9.47 Å². The molecule has 0 bridgehead atoms. The molecule has 0 radical (unpaired) electrons. The Bertz CT molecular complexity index is 226. The van der Waals surface area contributed by atoms with Gasteiger partial charge in [0.05, 0.1) is 25.5 Å². The van der Waals surface area contributed by atoms with Gasteiger partial charge in [-0.15, -0.1) is 0 Å². The minimum Gasteiger partial charge on any atom is -0.464 e. The molecular formula is C8H11NO3. The lowest BCUT2D eigenvalue weighted by atomic mass is 10.3. The molecule has 0 amide bonds. The first-order valence-electron chi connectivity index (χ1n) is 3.88. The van der Waals surface area contributed by atoms with E-state index in [2.05, 4.69) is 0 Å². The molecular weight excluding hydrogens is 158 g/mol. The average molecular weight is 169 g/mol. The van der Waals surface area contributed by atoms with Gasteiger partial charge in [0.15, 0.2) is 5.76 Å². The lowest BCUT2D eigenvalue weighted by molar-refractivity contribution is -0.198. The van der Waals surface area contributed by atoms with Crippen molar-refractivity contribution in [3.05, 3.63) is 24.2 Å². The van der Waals surface area contributed by atoms with E-state index in [0.29, 0.717) is 19.0 Å². The number of nitrogens with two attached hydrogens (primary N) is 1. The van der Waals surface area contributed by atoms with Crippen molar-refractivity contribution in [3.63, 3.8) is 0 Å². The molecule has 2 rings (SSSR count). The highest BCUT2D eigenvalue weighted by atomic mass is 16.7. The standard InChI is InChI=1S/C8H11NO3/c9-6-4-11-8(12-5-6)7-2-1-3-10-7/h1-3,6,8H,4-5,9H2. The van der Waals surface area contributed by atoms with Crippen LogP contribution in [0.3, 0.4) is 0 Å². The van der Waals surface area contributed by atoms with Crippen molar-refractivity contribution in [1.82, 2.24) is 0 Å². The van der Waals surface area contributed by atoms with E-state index < -0.39 is 0 Å². The molecule has 4 heteroatoms. The van der Waals surface area contributed by atoms with Crippen LogP contribution in [0.2, 0.25) is 0 Å². The Morgan fingerprint density at radius 3 is 2.67 bits per heavy atom. The molecule has 0 spiro atoms. The molecule has 0 aromatic carbocycles. The van der Waals surface area contributed by atoms with Gasteiger partial charge in [-0.1, -0.05) is 0 Å². The van der Waals surface area contributed by atoms with E-state index in [0.717, 1.165) is 0 Å². The van der Waals surface area contributed by atoms with Crippen LogP contribution < -0.4 is 5.73 Å². The Kier molecular flexibility index (Phi) is 2.12. The van der Waals surface area contributed by atoms with Crippen LogP contribution in [0.15, 0.2) is 22.8 Å². The van der Waals surface area contributed by atoms with Gasteiger partial charge in [-0.2, -0.15) is 0 Å². The van der Waals surface area contributed by atoms with Gasteiger partial charge in [-0.05, 0) is 12.1 Å². The molecule has 12 heavy (non-hydrogen) atoms. The molecule has 0 saturated carbocycles. The number of hydrogen-bond acceptors (Lipinski definition) is 4. The number of hydrogen-bond donors (Lipinski definition) is 1. The molecule has 1 aromatic rings. The van der Waals surface area contributed by atoms with Crippen LogP contribution >= 0.6 is 0 Å². The highest BCUT2D eigenvalue weighted by Crippen LogP contribution is 2.22. The highest BCUT2D eigenvalue weighted by molar-refractivity contribution is 5.00. The van der Waals surface area contributed by atoms with Crippen LogP contribution in [0.5, 0.6) is 0 Å². The van der Waals surface area contributed by atoms with E-state index in [-0.39, 0.29) is 12.3 Å². The summed E-state index contributed by atoms with van der Waals surface area (Å²) < 4.78 is 15.7. The fourth-order valence-electron chi connectivity index (χ4n) is 1.11. The topological polar surface area (TPSA) is 57.6 Å². The van der Waals surface area contributed by atoms with Crippen molar-refractivity contribution in [2.24, 2.45) is 5.73 Å². The normalized spacial score (nSPS) is 30.4. The third-order valence-electron chi connectivity index (χ3n) is 1.70. The quantitative estimate of drug-likeness (QED) is 0.670. The zero-order chi connectivity index (χ0) is 8.39. The fraction of sp³-hybridized carbons (Fsp3) is 0.500. The third-order valence-corrected chi connectivity index (χ3v) is 1.70. The average Bonchev–Trinajstić information content (AvgIpc) is 2.58. The first-order chi connectivity index (χ1) is 5.86. The van der Waals surface area contributed by atoms with Gasteiger partial charge < -0.3 is 19.6 Å². The number of rotatable bonds is 1. The van der Waals surface area contributed by atoms with Gasteiger partial charge in [0.2, 0.25) is 6.29 Å². The minimum absolute atomic E-state index is 0.0174. The monoisotopic (exact) mass is 169 g/mol. The summed E-state index contributed by atoms with van der Waals surface area (Å²) in [5.41, 5.74) is 5.57. The minimum atomic E-state index is -0.375. The summed E-state index contributed by atoms with van der Waals surface area (Å²) in [6, 6.07) is 3.61. The van der Waals surface area contributed by atoms with Crippen LogP contribution in [-0.4, -0.2) is 19.3 Å². The van der Waals surface area contributed by atoms with Gasteiger partial charge in [-0.3, -0.25) is 0 Å². The maximum absolute atomic E-state index is 5.57. The molecule has 2 N–H and O–H groups in total. The summed E-state index contributed by atoms with van der Waals surface area (Å²) in [4.78, 5) is 0. The smallest absolute Gasteiger partial charge is 0.217 e. The van der Waals surface area contributed by atoms with Crippen LogP contribution in [0, 0.1) is 0 Å². The van der Waals surface area contributed by atoms with Crippen molar-refractivity contribution in [2.75, 3.05) is 13.2 Å². The molecule has 0 unspecified atom stereocenters. The summed E-state index contributed by atoms with van der Waals surface area (Å²) in [6.07, 6.45) is 1.22. The van der Waals surface area contributed by atoms with Crippen molar-refractivity contribution in [1.29, 1.82) is 0 Å². The van der Waals surface area contributed by atoms with Gasteiger partial charge in [0.1, 0.15) is 0 Å². The molecule has 4 nitrogen and oxygen atoms in total. The van der Waals surface area contributed by atoms with Gasteiger partial charge >= 0.3 is 0 Å². The fourth-order valence-corrected chi connectivity index (χ4v) is 1.11. The van der Waals surface area contributed by atoms with Crippen molar-refractivity contribution >= 4 is 0 Å². The van der Waals surface area contributed by atoms with Crippen LogP contribution in [0.1, 0.15) is 12.1 Å². The molecule has 1 aromatic heterocycles. The summed E-state index contributed by atoms with van der Waals surface area (Å²) in [5, 5.41) is 0. The van der Waals surface area contributed by atoms with E-state index in [9.17, 15) is 0 Å². The van der Waals surface area contributed by atoms with Crippen LogP contribution in [0.4, 0.5) is 0 Å². The second-order valence-corrected chi connectivity index (χ2v) is 2.77. The van der Waals surface area contributed by atoms with Crippen molar-refractivity contribution < 1.29 is 13.9 Å².